The van der Waals surface area contributed by atoms with E-state index in [1.165, 1.54) is 5.56 Å². The Morgan fingerprint density at radius 2 is 1.21 bits per heavy atom. The molecule has 9 nitrogen and oxygen atoms in total. The summed E-state index contributed by atoms with van der Waals surface area (Å²) in [6.45, 7) is 1.37. The Kier molecular flexibility index (Phi) is 6.56. The lowest BCUT2D eigenvalue weighted by atomic mass is 9.77. The molecule has 4 atom stereocenters. The van der Waals surface area contributed by atoms with Crippen LogP contribution in [0.5, 0.6) is 23.0 Å². The van der Waals surface area contributed by atoms with Gasteiger partial charge in [-0.05, 0) is 64.9 Å². The Bertz CT molecular complexity index is 1400. The van der Waals surface area contributed by atoms with Crippen LogP contribution in [0, 0.1) is 10.1 Å². The number of nitrogens with zero attached hydrogens (tertiary/aromatic N) is 3. The molecule has 9 heteroatoms. The molecule has 3 aliphatic heterocycles. The quantitative estimate of drug-likeness (QED) is 0.338. The highest BCUT2D eigenvalue weighted by Crippen LogP contribution is 2.55. The summed E-state index contributed by atoms with van der Waals surface area (Å²) in [5.41, 5.74) is 5.21. The van der Waals surface area contributed by atoms with Crippen molar-refractivity contribution in [2.75, 3.05) is 41.5 Å². The van der Waals surface area contributed by atoms with Crippen LogP contribution >= 0.6 is 0 Å². The summed E-state index contributed by atoms with van der Waals surface area (Å²) in [5, 5.41) is 13.0. The molecule has 0 unspecified atom stereocenters. The molecule has 0 radical (unpaired) electrons. The molecule has 3 heterocycles. The maximum Gasteiger partial charge on any atom is 0.251 e. The normalized spacial score (nSPS) is 24.0. The first kappa shape index (κ1) is 25.5. The van der Waals surface area contributed by atoms with Gasteiger partial charge in [0, 0.05) is 18.0 Å². The van der Waals surface area contributed by atoms with Crippen molar-refractivity contribution in [1.29, 1.82) is 0 Å². The molecule has 3 aliphatic rings. The fraction of sp³-hybridized carbons (Fsp3) is 0.400. The van der Waals surface area contributed by atoms with Gasteiger partial charge in [-0.2, -0.15) is 0 Å². The fourth-order valence-electron chi connectivity index (χ4n) is 6.89. The monoisotopic (exact) mass is 531 g/mol. The van der Waals surface area contributed by atoms with Gasteiger partial charge in [0.15, 0.2) is 23.0 Å². The van der Waals surface area contributed by atoms with E-state index in [1.54, 1.807) is 28.4 Å². The van der Waals surface area contributed by atoms with Gasteiger partial charge in [0.1, 0.15) is 12.1 Å². The van der Waals surface area contributed by atoms with Gasteiger partial charge in [-0.3, -0.25) is 19.9 Å². The molecule has 1 fully saturated rings. The Balaban J connectivity index is 1.59. The first-order chi connectivity index (χ1) is 19.0. The van der Waals surface area contributed by atoms with Crippen LogP contribution in [0.2, 0.25) is 0 Å². The molecule has 0 spiro atoms. The molecule has 0 bridgehead atoms. The van der Waals surface area contributed by atoms with E-state index in [1.807, 2.05) is 42.5 Å². The highest BCUT2D eigenvalue weighted by Gasteiger charge is 2.57. The molecule has 39 heavy (non-hydrogen) atoms. The predicted molar refractivity (Wildman–Crippen MR) is 145 cm³/mol. The van der Waals surface area contributed by atoms with Crippen LogP contribution < -0.4 is 18.9 Å². The molecule has 204 valence electrons. The van der Waals surface area contributed by atoms with E-state index < -0.39 is 18.1 Å². The first-order valence-corrected chi connectivity index (χ1v) is 13.2. The molecule has 1 saturated heterocycles. The van der Waals surface area contributed by atoms with Crippen molar-refractivity contribution in [2.45, 2.75) is 37.1 Å². The zero-order valence-electron chi connectivity index (χ0n) is 22.6. The summed E-state index contributed by atoms with van der Waals surface area (Å²) in [5.74, 6) is 2.57. The van der Waals surface area contributed by atoms with Crippen LogP contribution in [-0.4, -0.2) is 62.3 Å². The molecule has 0 amide bonds. The lowest BCUT2D eigenvalue weighted by molar-refractivity contribution is -0.550. The van der Waals surface area contributed by atoms with Gasteiger partial charge in [-0.1, -0.05) is 30.3 Å². The zero-order chi connectivity index (χ0) is 27.3. The van der Waals surface area contributed by atoms with Gasteiger partial charge < -0.3 is 18.9 Å². The highest BCUT2D eigenvalue weighted by atomic mass is 16.6. The minimum absolute atomic E-state index is 0.0819. The van der Waals surface area contributed by atoms with E-state index >= 15 is 0 Å². The van der Waals surface area contributed by atoms with Gasteiger partial charge in [0.2, 0.25) is 0 Å². The lowest BCUT2D eigenvalue weighted by Gasteiger charge is -2.56. The standard InChI is InChI=1S/C30H33N3O6/c1-36-23-14-19-10-13-32-28(21(19)16-25(23)38-3)29(33(34)35)27(18-8-6-5-7-9-18)31-12-11-20-15-24(37-2)26(39-4)17-22(20)30(31)32/h5-9,14-17,27-30H,10-13H2,1-4H3/t27-,28+,29-,30-/m1/s1. The van der Waals surface area contributed by atoms with Crippen molar-refractivity contribution in [1.82, 2.24) is 9.80 Å². The van der Waals surface area contributed by atoms with E-state index in [-0.39, 0.29) is 11.1 Å². The maximum absolute atomic E-state index is 13.0. The molecule has 3 aromatic rings. The molecular weight excluding hydrogens is 498 g/mol. The number of ether oxygens (including phenoxy) is 4. The molecule has 6 rings (SSSR count). The van der Waals surface area contributed by atoms with E-state index in [0.29, 0.717) is 36.1 Å². The topological polar surface area (TPSA) is 86.5 Å². The van der Waals surface area contributed by atoms with Crippen molar-refractivity contribution in [3.8, 4) is 23.0 Å². The van der Waals surface area contributed by atoms with Crippen molar-refractivity contribution in [2.24, 2.45) is 0 Å². The number of methoxy groups -OCH3 is 4. The molecule has 0 aliphatic carbocycles. The number of fused-ring (bicyclic) bond motifs is 7. The molecule has 3 aromatic carbocycles. The second kappa shape index (κ2) is 10.1. The van der Waals surface area contributed by atoms with E-state index in [4.69, 9.17) is 18.9 Å². The third-order valence-corrected chi connectivity index (χ3v) is 8.54. The number of hydrogen-bond acceptors (Lipinski definition) is 8. The average Bonchev–Trinajstić information content (AvgIpc) is 2.98. The smallest absolute Gasteiger partial charge is 0.251 e. The van der Waals surface area contributed by atoms with Crippen LogP contribution in [0.3, 0.4) is 0 Å². The maximum atomic E-state index is 13.0. The second-order valence-corrected chi connectivity index (χ2v) is 10.2. The SMILES string of the molecule is COc1cc2c(cc1OC)[C@@H]1N(CC2)[C@H](c2ccccc2)[C@@H]([N+](=O)[O-])[C@@H]2c3cc(OC)c(OC)cc3CCN12. The van der Waals surface area contributed by atoms with Crippen molar-refractivity contribution in [3.05, 3.63) is 92.5 Å². The zero-order valence-corrected chi connectivity index (χ0v) is 22.6. The Morgan fingerprint density at radius 1 is 0.718 bits per heavy atom. The number of hydrogen-bond donors (Lipinski definition) is 0. The van der Waals surface area contributed by atoms with Gasteiger partial charge in [-0.15, -0.1) is 0 Å². The van der Waals surface area contributed by atoms with Crippen molar-refractivity contribution in [3.63, 3.8) is 0 Å². The second-order valence-electron chi connectivity index (χ2n) is 10.2. The van der Waals surface area contributed by atoms with Crippen molar-refractivity contribution >= 4 is 0 Å². The molecule has 0 saturated carbocycles. The molecular formula is C30H33N3O6. The van der Waals surface area contributed by atoms with Gasteiger partial charge >= 0.3 is 0 Å². The van der Waals surface area contributed by atoms with Crippen LogP contribution in [0.4, 0.5) is 0 Å². The highest BCUT2D eigenvalue weighted by molar-refractivity contribution is 5.53. The van der Waals surface area contributed by atoms with Gasteiger partial charge in [0.25, 0.3) is 6.04 Å². The number of rotatable bonds is 6. The van der Waals surface area contributed by atoms with Crippen LogP contribution in [0.1, 0.15) is 46.1 Å². The Hall–Kier alpha value is -3.82. The summed E-state index contributed by atoms with van der Waals surface area (Å²) in [6, 6.07) is 16.2. The summed E-state index contributed by atoms with van der Waals surface area (Å²) in [6.07, 6.45) is 1.35. The predicted octanol–water partition coefficient (Wildman–Crippen LogP) is 4.58. The van der Waals surface area contributed by atoms with E-state index in [0.717, 1.165) is 35.1 Å². The van der Waals surface area contributed by atoms with Crippen molar-refractivity contribution < 1.29 is 23.9 Å². The summed E-state index contributed by atoms with van der Waals surface area (Å²) in [7, 11) is 6.50. The van der Waals surface area contributed by atoms with Gasteiger partial charge in [-0.25, -0.2) is 0 Å². The summed E-state index contributed by atoms with van der Waals surface area (Å²) in [4.78, 5) is 17.6. The fourth-order valence-corrected chi connectivity index (χ4v) is 6.89. The van der Waals surface area contributed by atoms with E-state index in [9.17, 15) is 10.1 Å². The molecule has 0 aromatic heterocycles. The van der Waals surface area contributed by atoms with E-state index in [2.05, 4.69) is 21.9 Å². The summed E-state index contributed by atoms with van der Waals surface area (Å²) < 4.78 is 22.5. The van der Waals surface area contributed by atoms with Gasteiger partial charge in [0.05, 0.1) is 34.6 Å². The first-order valence-electron chi connectivity index (χ1n) is 13.2. The summed E-state index contributed by atoms with van der Waals surface area (Å²) >= 11 is 0. The third kappa shape index (κ3) is 3.99. The average molecular weight is 532 g/mol. The van der Waals surface area contributed by atoms with Crippen LogP contribution in [-0.2, 0) is 12.8 Å². The minimum Gasteiger partial charge on any atom is -0.493 e. The molecule has 0 N–H and O–H groups in total. The lowest BCUT2D eigenvalue weighted by Crippen LogP contribution is -2.62. The third-order valence-electron chi connectivity index (χ3n) is 8.54. The number of nitro groups is 1. The van der Waals surface area contributed by atoms with Crippen LogP contribution in [0.15, 0.2) is 54.6 Å². The largest absolute Gasteiger partial charge is 0.493 e. The Morgan fingerprint density at radius 3 is 1.74 bits per heavy atom. The van der Waals surface area contributed by atoms with Crippen LogP contribution in [0.25, 0.3) is 0 Å². The Labute approximate surface area is 228 Å². The number of benzene rings is 3. The minimum atomic E-state index is -0.887.